The van der Waals surface area contributed by atoms with Gasteiger partial charge in [-0.2, -0.15) is 0 Å². The number of nitrogen functional groups attached to an aromatic ring is 1. The molecule has 0 bridgehead atoms. The van der Waals surface area contributed by atoms with E-state index in [1.54, 1.807) is 18.3 Å². The monoisotopic (exact) mass is 299 g/mol. The molecule has 0 aromatic carbocycles. The number of rotatable bonds is 3. The van der Waals surface area contributed by atoms with Crippen molar-refractivity contribution in [2.24, 2.45) is 0 Å². The van der Waals surface area contributed by atoms with Crippen LogP contribution in [0.5, 0.6) is 0 Å². The Bertz CT molecular complexity index is 636. The van der Waals surface area contributed by atoms with E-state index < -0.39 is 0 Å². The molecular weight excluding hydrogens is 282 g/mol. The second-order valence-electron chi connectivity index (χ2n) is 4.94. The minimum atomic E-state index is -0.291. The van der Waals surface area contributed by atoms with E-state index >= 15 is 0 Å². The van der Waals surface area contributed by atoms with Crippen molar-refractivity contribution in [2.75, 3.05) is 42.3 Å². The van der Waals surface area contributed by atoms with Crippen molar-refractivity contribution in [3.05, 3.63) is 42.4 Å². The van der Waals surface area contributed by atoms with Gasteiger partial charge >= 0.3 is 0 Å². The standard InChI is InChI=1S/C15H17N5O2/c16-11-1-3-13(17-9-11)15(21)19-12-2-4-14(18-10-12)20-5-7-22-8-6-20/h1-4,9-10H,5-8,16H2,(H,19,21). The summed E-state index contributed by atoms with van der Waals surface area (Å²) in [4.78, 5) is 22.6. The lowest BCUT2D eigenvalue weighted by Crippen LogP contribution is -2.36. The van der Waals surface area contributed by atoms with Crippen LogP contribution in [0.2, 0.25) is 0 Å². The van der Waals surface area contributed by atoms with Gasteiger partial charge in [-0.05, 0) is 24.3 Å². The van der Waals surface area contributed by atoms with E-state index in [1.807, 2.05) is 12.1 Å². The Balaban J connectivity index is 1.65. The van der Waals surface area contributed by atoms with E-state index in [0.29, 0.717) is 30.3 Å². The van der Waals surface area contributed by atoms with Gasteiger partial charge in [0, 0.05) is 13.1 Å². The number of nitrogens with zero attached hydrogens (tertiary/aromatic N) is 3. The number of morpholine rings is 1. The van der Waals surface area contributed by atoms with Crippen molar-refractivity contribution in [1.29, 1.82) is 0 Å². The Morgan fingerprint density at radius 1 is 1.14 bits per heavy atom. The molecule has 22 heavy (non-hydrogen) atoms. The molecule has 0 unspecified atom stereocenters. The highest BCUT2D eigenvalue weighted by molar-refractivity contribution is 6.02. The number of ether oxygens (including phenoxy) is 1. The topological polar surface area (TPSA) is 93.4 Å². The van der Waals surface area contributed by atoms with Crippen molar-refractivity contribution >= 4 is 23.1 Å². The number of nitrogens with one attached hydrogen (secondary N) is 1. The van der Waals surface area contributed by atoms with Gasteiger partial charge in [0.05, 0.1) is 37.0 Å². The normalized spacial score (nSPS) is 14.6. The molecule has 2 aromatic rings. The first-order valence-corrected chi connectivity index (χ1v) is 7.04. The third-order valence-corrected chi connectivity index (χ3v) is 3.36. The lowest BCUT2D eigenvalue weighted by atomic mass is 10.3. The number of hydrogen-bond donors (Lipinski definition) is 2. The fourth-order valence-corrected chi connectivity index (χ4v) is 2.17. The molecule has 1 fully saturated rings. The Labute approximate surface area is 128 Å². The first kappa shape index (κ1) is 14.3. The van der Waals surface area contributed by atoms with Crippen LogP contribution in [0.15, 0.2) is 36.7 Å². The van der Waals surface area contributed by atoms with Crippen molar-refractivity contribution in [3.63, 3.8) is 0 Å². The van der Waals surface area contributed by atoms with E-state index in [0.717, 1.165) is 18.9 Å². The number of anilines is 3. The van der Waals surface area contributed by atoms with Crippen LogP contribution in [0.4, 0.5) is 17.2 Å². The summed E-state index contributed by atoms with van der Waals surface area (Å²) in [5.41, 5.74) is 7.01. The SMILES string of the molecule is Nc1ccc(C(=O)Nc2ccc(N3CCOCC3)nc2)nc1. The van der Waals surface area contributed by atoms with Gasteiger partial charge in [-0.1, -0.05) is 0 Å². The van der Waals surface area contributed by atoms with Crippen molar-refractivity contribution in [1.82, 2.24) is 9.97 Å². The highest BCUT2D eigenvalue weighted by Gasteiger charge is 2.13. The molecule has 114 valence electrons. The van der Waals surface area contributed by atoms with Gasteiger partial charge in [-0.25, -0.2) is 9.97 Å². The zero-order valence-electron chi connectivity index (χ0n) is 12.0. The van der Waals surface area contributed by atoms with Gasteiger partial charge in [0.2, 0.25) is 0 Å². The number of aromatic nitrogens is 2. The molecule has 1 aliphatic rings. The minimum Gasteiger partial charge on any atom is -0.397 e. The van der Waals surface area contributed by atoms with Crippen molar-refractivity contribution in [3.8, 4) is 0 Å². The van der Waals surface area contributed by atoms with Crippen LogP contribution in [-0.4, -0.2) is 42.2 Å². The van der Waals surface area contributed by atoms with Gasteiger partial charge in [0.1, 0.15) is 11.5 Å². The summed E-state index contributed by atoms with van der Waals surface area (Å²) in [5.74, 6) is 0.591. The molecule has 3 N–H and O–H groups in total. The summed E-state index contributed by atoms with van der Waals surface area (Å²) in [6.45, 7) is 3.08. The molecule has 3 heterocycles. The predicted octanol–water partition coefficient (Wildman–Crippen LogP) is 1.15. The van der Waals surface area contributed by atoms with Gasteiger partial charge in [0.25, 0.3) is 5.91 Å². The molecule has 1 amide bonds. The number of hydrogen-bond acceptors (Lipinski definition) is 6. The maximum absolute atomic E-state index is 12.0. The van der Waals surface area contributed by atoms with Crippen LogP contribution in [0.25, 0.3) is 0 Å². The number of carbonyl (C=O) groups is 1. The number of carbonyl (C=O) groups excluding carboxylic acids is 1. The fourth-order valence-electron chi connectivity index (χ4n) is 2.17. The van der Waals surface area contributed by atoms with Gasteiger partial charge < -0.3 is 20.7 Å². The molecule has 1 aliphatic heterocycles. The largest absolute Gasteiger partial charge is 0.397 e. The van der Waals surface area contributed by atoms with E-state index in [4.69, 9.17) is 10.5 Å². The lowest BCUT2D eigenvalue weighted by Gasteiger charge is -2.27. The van der Waals surface area contributed by atoms with Gasteiger partial charge in [-0.15, -0.1) is 0 Å². The van der Waals surface area contributed by atoms with Crippen molar-refractivity contribution in [2.45, 2.75) is 0 Å². The van der Waals surface area contributed by atoms with E-state index in [1.165, 1.54) is 6.20 Å². The zero-order valence-corrected chi connectivity index (χ0v) is 12.0. The molecule has 0 radical (unpaired) electrons. The quantitative estimate of drug-likeness (QED) is 0.883. The van der Waals surface area contributed by atoms with E-state index in [9.17, 15) is 4.79 Å². The summed E-state index contributed by atoms with van der Waals surface area (Å²) in [5, 5.41) is 2.76. The zero-order chi connectivity index (χ0) is 15.4. The molecule has 1 saturated heterocycles. The Morgan fingerprint density at radius 3 is 2.59 bits per heavy atom. The van der Waals surface area contributed by atoms with Crippen LogP contribution in [0, 0.1) is 0 Å². The molecule has 0 saturated carbocycles. The number of pyridine rings is 2. The molecule has 2 aromatic heterocycles. The van der Waals surface area contributed by atoms with Gasteiger partial charge in [-0.3, -0.25) is 4.79 Å². The third kappa shape index (κ3) is 3.32. The van der Waals surface area contributed by atoms with Crippen LogP contribution >= 0.6 is 0 Å². The minimum absolute atomic E-state index is 0.291. The third-order valence-electron chi connectivity index (χ3n) is 3.36. The number of nitrogens with two attached hydrogens (primary N) is 1. The average Bonchev–Trinajstić information content (AvgIpc) is 2.57. The summed E-state index contributed by atoms with van der Waals surface area (Å²) >= 11 is 0. The molecule has 7 heteroatoms. The molecule has 0 spiro atoms. The van der Waals surface area contributed by atoms with Gasteiger partial charge in [0.15, 0.2) is 0 Å². The molecule has 0 aliphatic carbocycles. The van der Waals surface area contributed by atoms with E-state index in [2.05, 4.69) is 20.2 Å². The van der Waals surface area contributed by atoms with Crippen LogP contribution < -0.4 is 16.0 Å². The highest BCUT2D eigenvalue weighted by Crippen LogP contribution is 2.16. The summed E-state index contributed by atoms with van der Waals surface area (Å²) in [6.07, 6.45) is 3.09. The highest BCUT2D eigenvalue weighted by atomic mass is 16.5. The molecule has 0 atom stereocenters. The maximum atomic E-state index is 12.0. The Hall–Kier alpha value is -2.67. The maximum Gasteiger partial charge on any atom is 0.274 e. The lowest BCUT2D eigenvalue weighted by molar-refractivity contribution is 0.102. The number of amides is 1. The summed E-state index contributed by atoms with van der Waals surface area (Å²) in [7, 11) is 0. The second kappa shape index (κ2) is 6.40. The van der Waals surface area contributed by atoms with E-state index in [-0.39, 0.29) is 5.91 Å². The molecular formula is C15H17N5O2. The summed E-state index contributed by atoms with van der Waals surface area (Å²) in [6, 6.07) is 6.94. The smallest absolute Gasteiger partial charge is 0.274 e. The summed E-state index contributed by atoms with van der Waals surface area (Å²) < 4.78 is 5.31. The first-order chi connectivity index (χ1) is 10.7. The predicted molar refractivity (Wildman–Crippen MR) is 83.9 cm³/mol. The van der Waals surface area contributed by atoms with Crippen LogP contribution in [0.1, 0.15) is 10.5 Å². The van der Waals surface area contributed by atoms with Crippen molar-refractivity contribution < 1.29 is 9.53 Å². The average molecular weight is 299 g/mol. The second-order valence-corrected chi connectivity index (χ2v) is 4.94. The fraction of sp³-hybridized carbons (Fsp3) is 0.267. The Morgan fingerprint density at radius 2 is 1.95 bits per heavy atom. The molecule has 7 nitrogen and oxygen atoms in total. The van der Waals surface area contributed by atoms with Crippen LogP contribution in [-0.2, 0) is 4.74 Å². The Kier molecular flexibility index (Phi) is 4.15. The molecule has 3 rings (SSSR count). The van der Waals surface area contributed by atoms with Crippen LogP contribution in [0.3, 0.4) is 0 Å². The first-order valence-electron chi connectivity index (χ1n) is 7.04.